The Morgan fingerprint density at radius 2 is 2.02 bits per heavy atom. The Balaban J connectivity index is 1.15. The number of aromatic nitrogens is 6. The van der Waals surface area contributed by atoms with Gasteiger partial charge in [-0.15, -0.1) is 0 Å². The lowest BCUT2D eigenvalue weighted by molar-refractivity contribution is -0.127. The molecule has 4 atom stereocenters. The summed E-state index contributed by atoms with van der Waals surface area (Å²) in [4.78, 5) is 28.5. The zero-order chi connectivity index (χ0) is 28.4. The molecule has 1 saturated carbocycles. The molecule has 10 heteroatoms. The van der Waals surface area contributed by atoms with Crippen LogP contribution in [0.3, 0.4) is 0 Å². The third-order valence-corrected chi connectivity index (χ3v) is 9.19. The van der Waals surface area contributed by atoms with Gasteiger partial charge >= 0.3 is 0 Å². The number of piperidine rings is 1. The van der Waals surface area contributed by atoms with E-state index < -0.39 is 0 Å². The largest absolute Gasteiger partial charge is 0.383 e. The van der Waals surface area contributed by atoms with Crippen LogP contribution in [-0.2, 0) is 11.2 Å². The summed E-state index contributed by atoms with van der Waals surface area (Å²) in [5, 5.41) is 8.33. The molecule has 4 aromatic heterocycles. The molecule has 1 aromatic carbocycles. The molecule has 1 saturated heterocycles. The highest BCUT2D eigenvalue weighted by Crippen LogP contribution is 2.41. The molecule has 3 aliphatic rings. The highest BCUT2D eigenvalue weighted by atomic mass is 16.2. The number of rotatable bonds is 6. The first-order valence-corrected chi connectivity index (χ1v) is 14.5. The Labute approximate surface area is 242 Å². The minimum absolute atomic E-state index is 0.0605. The number of carbonyl (C=O) groups excluding carboxylic acids is 1. The van der Waals surface area contributed by atoms with Crippen LogP contribution in [0.5, 0.6) is 0 Å². The van der Waals surface area contributed by atoms with Gasteiger partial charge in [0.15, 0.2) is 17.3 Å². The van der Waals surface area contributed by atoms with E-state index in [0.29, 0.717) is 41.5 Å². The number of hydrogen-bond acceptors (Lipinski definition) is 7. The Morgan fingerprint density at radius 3 is 2.81 bits per heavy atom. The van der Waals surface area contributed by atoms with E-state index >= 15 is 0 Å². The van der Waals surface area contributed by atoms with E-state index in [1.165, 1.54) is 17.2 Å². The van der Waals surface area contributed by atoms with E-state index in [1.807, 2.05) is 41.4 Å². The van der Waals surface area contributed by atoms with Gasteiger partial charge in [0.05, 0.1) is 5.56 Å². The molecule has 0 radical (unpaired) electrons. The number of nitrogens with one attached hydrogen (secondary N) is 1. The molecule has 8 rings (SSSR count). The molecule has 2 unspecified atom stereocenters. The zero-order valence-electron chi connectivity index (χ0n) is 23.1. The summed E-state index contributed by atoms with van der Waals surface area (Å²) in [7, 11) is 0. The van der Waals surface area contributed by atoms with Crippen molar-refractivity contribution in [2.75, 3.05) is 12.3 Å². The van der Waals surface area contributed by atoms with Crippen molar-refractivity contribution in [3.05, 3.63) is 90.9 Å². The molecule has 1 aliphatic heterocycles. The number of imidazole rings is 1. The van der Waals surface area contributed by atoms with Gasteiger partial charge < -0.3 is 16.0 Å². The van der Waals surface area contributed by atoms with Crippen molar-refractivity contribution < 1.29 is 4.79 Å². The van der Waals surface area contributed by atoms with Crippen molar-refractivity contribution >= 4 is 22.9 Å². The van der Waals surface area contributed by atoms with E-state index in [0.717, 1.165) is 54.6 Å². The molecule has 1 amide bonds. The number of anilines is 1. The summed E-state index contributed by atoms with van der Waals surface area (Å²) < 4.78 is 3.83. The molecule has 210 valence electrons. The van der Waals surface area contributed by atoms with Gasteiger partial charge in [0.2, 0.25) is 5.91 Å². The number of carbonyl (C=O) groups is 1. The number of benzene rings is 1. The Morgan fingerprint density at radius 1 is 1.10 bits per heavy atom. The molecular weight excluding hydrogens is 526 g/mol. The van der Waals surface area contributed by atoms with Gasteiger partial charge in [-0.3, -0.25) is 9.36 Å². The van der Waals surface area contributed by atoms with E-state index in [4.69, 9.17) is 15.7 Å². The molecule has 2 aliphatic carbocycles. The smallest absolute Gasteiger partial charge is 0.246 e. The van der Waals surface area contributed by atoms with Crippen molar-refractivity contribution in [2.24, 2.45) is 5.92 Å². The Hall–Kier alpha value is -4.83. The monoisotopic (exact) mass is 557 g/mol. The molecule has 0 spiro atoms. The van der Waals surface area contributed by atoms with Crippen LogP contribution in [0.1, 0.15) is 36.4 Å². The van der Waals surface area contributed by atoms with Crippen LogP contribution in [0.4, 0.5) is 5.82 Å². The lowest BCUT2D eigenvalue weighted by Gasteiger charge is -2.33. The third kappa shape index (κ3) is 3.93. The van der Waals surface area contributed by atoms with Crippen molar-refractivity contribution in [2.45, 2.75) is 43.8 Å². The number of hydrogen-bond donors (Lipinski definition) is 2. The van der Waals surface area contributed by atoms with E-state index in [1.54, 1.807) is 17.1 Å². The summed E-state index contributed by atoms with van der Waals surface area (Å²) >= 11 is 0. The van der Waals surface area contributed by atoms with Gasteiger partial charge in [0, 0.05) is 48.9 Å². The van der Waals surface area contributed by atoms with Crippen LogP contribution in [0.15, 0.2) is 79.8 Å². The quantitative estimate of drug-likeness (QED) is 0.303. The maximum absolute atomic E-state index is 12.2. The number of amides is 1. The first kappa shape index (κ1) is 24.9. The molecule has 2 fully saturated rings. The van der Waals surface area contributed by atoms with Crippen molar-refractivity contribution in [1.82, 2.24) is 39.5 Å². The van der Waals surface area contributed by atoms with Crippen molar-refractivity contribution in [1.29, 1.82) is 0 Å². The second-order valence-electron chi connectivity index (χ2n) is 11.5. The molecule has 5 aromatic rings. The minimum atomic E-state index is 0.0605. The molecule has 3 N–H and O–H groups in total. The first-order valence-electron chi connectivity index (χ1n) is 14.5. The van der Waals surface area contributed by atoms with Gasteiger partial charge in [0.1, 0.15) is 11.3 Å². The van der Waals surface area contributed by atoms with Crippen LogP contribution in [-0.4, -0.2) is 58.7 Å². The van der Waals surface area contributed by atoms with Crippen LogP contribution < -0.4 is 11.1 Å². The number of likely N-dealkylation sites (tertiary alicyclic amines) is 1. The average Bonchev–Trinajstić information content (AvgIpc) is 3.85. The molecule has 5 heterocycles. The number of fused-ring (bicyclic) bond motifs is 4. The fraction of sp³-hybridized carbons (Fsp3) is 0.281. The molecule has 42 heavy (non-hydrogen) atoms. The predicted molar refractivity (Wildman–Crippen MR) is 160 cm³/mol. The first-order chi connectivity index (χ1) is 20.6. The van der Waals surface area contributed by atoms with E-state index in [-0.39, 0.29) is 5.91 Å². The molecule has 10 nitrogen and oxygen atoms in total. The van der Waals surface area contributed by atoms with Crippen molar-refractivity contribution in [3.8, 4) is 22.9 Å². The fourth-order valence-corrected chi connectivity index (χ4v) is 7.23. The highest BCUT2D eigenvalue weighted by molar-refractivity contribution is 5.87. The van der Waals surface area contributed by atoms with Gasteiger partial charge in [-0.2, -0.15) is 5.10 Å². The number of aryl methyl sites for hydroxylation is 1. The SMILES string of the molecule is C=CC(=O)N1C[C@@H]2C[C@H]1CC2NC1CCc2cc(-n3c(-c4cccnc4N)nc4ccc(-n5cccn5)nc43)ccc21. The second kappa shape index (κ2) is 9.63. The topological polar surface area (TPSA) is 120 Å². The highest BCUT2D eigenvalue weighted by Gasteiger charge is 2.46. The summed E-state index contributed by atoms with van der Waals surface area (Å²) in [5.74, 6) is 2.40. The number of nitrogens with two attached hydrogens (primary N) is 1. The lowest BCUT2D eigenvalue weighted by Crippen LogP contribution is -2.46. The zero-order valence-corrected chi connectivity index (χ0v) is 23.1. The predicted octanol–water partition coefficient (Wildman–Crippen LogP) is 4.00. The number of nitrogen functional groups attached to an aromatic ring is 1. The van der Waals surface area contributed by atoms with E-state index in [9.17, 15) is 4.79 Å². The number of nitrogens with zero attached hydrogens (tertiary/aromatic N) is 7. The standard InChI is InChI=1S/C32H31N9O/c1-2-29(42)39-18-20-16-22(39)17-27(20)36-25-9-6-19-15-21(7-8-23(19)25)41-31(24-5-3-12-34-30(24)33)37-26-10-11-28(38-32(26)41)40-14-4-13-35-40/h2-5,7-8,10-15,20,22,25,27,36H,1,6,9,16-18H2,(H2,33,34)/t20-,22-,25?,27?/m0/s1. The third-order valence-electron chi connectivity index (χ3n) is 9.19. The maximum atomic E-state index is 12.2. The normalized spacial score (nSPS) is 22.6. The van der Waals surface area contributed by atoms with Crippen LogP contribution in [0, 0.1) is 5.92 Å². The van der Waals surface area contributed by atoms with Crippen LogP contribution >= 0.6 is 0 Å². The van der Waals surface area contributed by atoms with E-state index in [2.05, 4.69) is 44.7 Å². The summed E-state index contributed by atoms with van der Waals surface area (Å²) in [6.07, 6.45) is 10.9. The average molecular weight is 558 g/mol. The summed E-state index contributed by atoms with van der Waals surface area (Å²) in [6.45, 7) is 4.50. The second-order valence-corrected chi connectivity index (χ2v) is 11.5. The lowest BCUT2D eigenvalue weighted by atomic mass is 9.99. The minimum Gasteiger partial charge on any atom is -0.383 e. The Kier molecular flexibility index (Phi) is 5.71. The fourth-order valence-electron chi connectivity index (χ4n) is 7.23. The van der Waals surface area contributed by atoms with Gasteiger partial charge in [0.25, 0.3) is 0 Å². The molecule has 2 bridgehead atoms. The summed E-state index contributed by atoms with van der Waals surface area (Å²) in [5.41, 5.74) is 12.3. The van der Waals surface area contributed by atoms with Crippen molar-refractivity contribution in [3.63, 3.8) is 0 Å². The molecular formula is C32H31N9O. The summed E-state index contributed by atoms with van der Waals surface area (Å²) in [6, 6.07) is 17.3. The number of pyridine rings is 2. The van der Waals surface area contributed by atoms with Gasteiger partial charge in [-0.05, 0) is 91.3 Å². The Bertz CT molecular complexity index is 1840. The van der Waals surface area contributed by atoms with Crippen LogP contribution in [0.25, 0.3) is 34.1 Å². The van der Waals surface area contributed by atoms with Crippen LogP contribution in [0.2, 0.25) is 0 Å². The maximum Gasteiger partial charge on any atom is 0.246 e. The van der Waals surface area contributed by atoms with Gasteiger partial charge in [-0.25, -0.2) is 19.6 Å². The van der Waals surface area contributed by atoms with Gasteiger partial charge in [-0.1, -0.05) is 12.6 Å².